The molecule has 0 unspecified atom stereocenters. The Morgan fingerprint density at radius 1 is 0.732 bits per heavy atom. The van der Waals surface area contributed by atoms with Crippen molar-refractivity contribution in [3.63, 3.8) is 0 Å². The molecule has 3 aromatic rings. The summed E-state index contributed by atoms with van der Waals surface area (Å²) in [6.07, 6.45) is 4.77. The van der Waals surface area contributed by atoms with E-state index in [1.165, 1.54) is 12.1 Å². The van der Waals surface area contributed by atoms with Gasteiger partial charge < -0.3 is 25.7 Å². The molecular weight excluding hydrogens is 596 g/mol. The van der Waals surface area contributed by atoms with Crippen LogP contribution in [0.25, 0.3) is 0 Å². The molecule has 0 aromatic heterocycles. The fourth-order valence-corrected chi connectivity index (χ4v) is 4.29. The fourth-order valence-electron chi connectivity index (χ4n) is 3.78. The van der Waals surface area contributed by atoms with Crippen LogP contribution in [0.1, 0.15) is 63.2 Å². The van der Waals surface area contributed by atoms with E-state index in [-0.39, 0.29) is 26.9 Å². The summed E-state index contributed by atoms with van der Waals surface area (Å²) in [4.78, 5) is 43.1. The largest absolute Gasteiger partial charge is 0.478 e. The highest BCUT2D eigenvalue weighted by Crippen LogP contribution is 2.28. The van der Waals surface area contributed by atoms with Gasteiger partial charge in [0.05, 0.1) is 22.4 Å². The smallest absolute Gasteiger partial charge is 0.346 e. The number of carbonyl (C=O) groups is 4. The number of rotatable bonds is 6. The summed E-state index contributed by atoms with van der Waals surface area (Å²) in [6, 6.07) is 21.5. The van der Waals surface area contributed by atoms with Gasteiger partial charge >= 0.3 is 23.9 Å². The quantitative estimate of drug-likeness (QED) is 0.144. The first-order chi connectivity index (χ1) is 19.5. The summed E-state index contributed by atoms with van der Waals surface area (Å²) in [5, 5.41) is 46.8. The van der Waals surface area contributed by atoms with E-state index in [2.05, 4.69) is 21.2 Å². The lowest BCUT2D eigenvalue weighted by Crippen LogP contribution is -2.07. The van der Waals surface area contributed by atoms with Crippen LogP contribution in [-0.2, 0) is 4.79 Å². The van der Waals surface area contributed by atoms with Crippen LogP contribution < -0.4 is 5.32 Å². The average molecular weight is 623 g/mol. The molecule has 10 nitrogen and oxygen atoms in total. The fraction of sp³-hybridized carbons (Fsp3) is 0.167. The van der Waals surface area contributed by atoms with Crippen molar-refractivity contribution in [2.45, 2.75) is 32.1 Å². The molecule has 5 N–H and O–H groups in total. The van der Waals surface area contributed by atoms with E-state index in [9.17, 15) is 24.3 Å². The molecule has 0 amide bonds. The van der Waals surface area contributed by atoms with Crippen molar-refractivity contribution in [2.75, 3.05) is 5.32 Å². The van der Waals surface area contributed by atoms with Gasteiger partial charge in [-0.1, -0.05) is 42.8 Å². The van der Waals surface area contributed by atoms with Gasteiger partial charge in [-0.05, 0) is 83.6 Å². The number of allylic oxidation sites excluding steroid dienone is 1. The van der Waals surface area contributed by atoms with Crippen LogP contribution in [0.15, 0.2) is 88.4 Å². The molecule has 0 heterocycles. The summed E-state index contributed by atoms with van der Waals surface area (Å²) in [5.41, 5.74) is 2.01. The van der Waals surface area contributed by atoms with Crippen molar-refractivity contribution in [3.05, 3.63) is 105 Å². The highest BCUT2D eigenvalue weighted by Gasteiger charge is 2.18. The van der Waals surface area contributed by atoms with Crippen molar-refractivity contribution in [3.8, 4) is 6.07 Å². The number of carboxylic acid groups (broad SMARTS) is 4. The summed E-state index contributed by atoms with van der Waals surface area (Å²) in [6.45, 7) is 0. The van der Waals surface area contributed by atoms with Crippen LogP contribution >= 0.6 is 15.9 Å². The number of anilines is 2. The number of halogens is 1. The van der Waals surface area contributed by atoms with Crippen LogP contribution in [0.5, 0.6) is 0 Å². The van der Waals surface area contributed by atoms with Crippen molar-refractivity contribution >= 4 is 51.2 Å². The lowest BCUT2D eigenvalue weighted by molar-refractivity contribution is -0.132. The number of aliphatic carboxylic acids is 1. The van der Waals surface area contributed by atoms with Gasteiger partial charge in [0, 0.05) is 10.2 Å². The number of benzene rings is 3. The first-order valence-electron chi connectivity index (χ1n) is 12.3. The predicted octanol–water partition coefficient (Wildman–Crippen LogP) is 6.83. The summed E-state index contributed by atoms with van der Waals surface area (Å²) < 4.78 is 0.223. The predicted molar refractivity (Wildman–Crippen MR) is 155 cm³/mol. The lowest BCUT2D eigenvalue weighted by atomic mass is 9.91. The van der Waals surface area contributed by atoms with Crippen LogP contribution in [-0.4, -0.2) is 44.3 Å². The lowest BCUT2D eigenvalue weighted by Gasteiger charge is -2.13. The van der Waals surface area contributed by atoms with E-state index < -0.39 is 23.9 Å². The first kappa shape index (κ1) is 32.3. The molecule has 0 atom stereocenters. The second-order valence-corrected chi connectivity index (χ2v) is 9.46. The molecule has 1 fully saturated rings. The molecule has 0 radical (unpaired) electrons. The second kappa shape index (κ2) is 16.2. The molecular formula is C30H27BrN2O8. The minimum absolute atomic E-state index is 0.00608. The Kier molecular flexibility index (Phi) is 12.8. The Bertz CT molecular complexity index is 1460. The number of carboxylic acids is 4. The number of nitrogens with one attached hydrogen (secondary N) is 1. The third-order valence-corrected chi connectivity index (χ3v) is 6.43. The van der Waals surface area contributed by atoms with Gasteiger partial charge in [0.25, 0.3) is 0 Å². The molecule has 41 heavy (non-hydrogen) atoms. The third kappa shape index (κ3) is 10.3. The van der Waals surface area contributed by atoms with Crippen LogP contribution in [0.4, 0.5) is 11.4 Å². The number of nitriles is 1. The summed E-state index contributed by atoms with van der Waals surface area (Å²) >= 11 is 3.06. The topological polar surface area (TPSA) is 185 Å². The Morgan fingerprint density at radius 3 is 1.71 bits per heavy atom. The number of nitrogens with zero attached hydrogens (tertiary/aromatic N) is 1. The zero-order chi connectivity index (χ0) is 30.4. The minimum atomic E-state index is -1.14. The van der Waals surface area contributed by atoms with Gasteiger partial charge in [0.15, 0.2) is 0 Å². The summed E-state index contributed by atoms with van der Waals surface area (Å²) in [7, 11) is 0. The van der Waals surface area contributed by atoms with E-state index in [1.54, 1.807) is 60.7 Å². The zero-order valence-corrected chi connectivity index (χ0v) is 23.3. The van der Waals surface area contributed by atoms with E-state index in [4.69, 9.17) is 20.6 Å². The maximum atomic E-state index is 11.2. The molecule has 1 aliphatic carbocycles. The molecule has 1 saturated carbocycles. The number of aromatic carboxylic acids is 3. The Morgan fingerprint density at radius 2 is 1.27 bits per heavy atom. The highest BCUT2D eigenvalue weighted by molar-refractivity contribution is 9.10. The molecule has 0 aliphatic heterocycles. The third-order valence-electron chi connectivity index (χ3n) is 5.78. The number of hydrogen-bond acceptors (Lipinski definition) is 6. The molecule has 0 spiro atoms. The molecule has 11 heteroatoms. The molecule has 0 saturated heterocycles. The molecule has 3 aromatic carbocycles. The molecule has 212 valence electrons. The first-order valence-corrected chi connectivity index (χ1v) is 13.1. The van der Waals surface area contributed by atoms with E-state index >= 15 is 0 Å². The Balaban J connectivity index is 0.000000237. The number of para-hydroxylation sites is 1. The molecule has 1 aliphatic rings. The van der Waals surface area contributed by atoms with Gasteiger partial charge in [0.2, 0.25) is 0 Å². The zero-order valence-electron chi connectivity index (χ0n) is 21.7. The van der Waals surface area contributed by atoms with Gasteiger partial charge in [-0.2, -0.15) is 5.26 Å². The Labute approximate surface area is 244 Å². The highest BCUT2D eigenvalue weighted by atomic mass is 79.9. The monoisotopic (exact) mass is 622 g/mol. The van der Waals surface area contributed by atoms with Crippen LogP contribution in [0.2, 0.25) is 0 Å². The number of hydrogen-bond donors (Lipinski definition) is 5. The van der Waals surface area contributed by atoms with E-state index in [0.717, 1.165) is 37.7 Å². The van der Waals surface area contributed by atoms with Crippen molar-refractivity contribution < 1.29 is 39.6 Å². The SMILES string of the molecule is N#CC(C(=O)O)=C1CCCCC1.O=C(O)c1cc(Nc2ccccc2)c(C(=O)O)cc1Br.O=C(O)c1ccccc1. The molecule has 4 rings (SSSR count). The van der Waals surface area contributed by atoms with Crippen LogP contribution in [0.3, 0.4) is 0 Å². The second-order valence-electron chi connectivity index (χ2n) is 8.61. The van der Waals surface area contributed by atoms with E-state index in [0.29, 0.717) is 11.3 Å². The van der Waals surface area contributed by atoms with Crippen LogP contribution in [0, 0.1) is 11.3 Å². The van der Waals surface area contributed by atoms with Crippen molar-refractivity contribution in [2.24, 2.45) is 0 Å². The Hall–Kier alpha value is -4.95. The normalized spacial score (nSPS) is 11.8. The van der Waals surface area contributed by atoms with Gasteiger partial charge in [-0.3, -0.25) is 0 Å². The maximum Gasteiger partial charge on any atom is 0.346 e. The minimum Gasteiger partial charge on any atom is -0.478 e. The van der Waals surface area contributed by atoms with E-state index in [1.807, 2.05) is 6.07 Å². The molecule has 0 bridgehead atoms. The average Bonchev–Trinajstić information content (AvgIpc) is 2.96. The van der Waals surface area contributed by atoms with Gasteiger partial charge in [0.1, 0.15) is 11.6 Å². The standard InChI is InChI=1S/C14H10BrNO4.C9H11NO2.C7H6O2/c15-11-6-10(14(19)20)12(7-9(11)13(17)18)16-8-4-2-1-3-5-8;10-6-8(9(11)12)7-4-2-1-3-5-7;8-7(9)6-4-2-1-3-5-6/h1-7,16H,(H,17,18)(H,19,20);1-5H2,(H,11,12);1-5H,(H,8,9). The summed E-state index contributed by atoms with van der Waals surface area (Å²) in [5.74, 6) is -4.23. The van der Waals surface area contributed by atoms with Crippen molar-refractivity contribution in [1.82, 2.24) is 0 Å². The van der Waals surface area contributed by atoms with Gasteiger partial charge in [-0.25, -0.2) is 19.2 Å². The maximum absolute atomic E-state index is 11.2. The van der Waals surface area contributed by atoms with Gasteiger partial charge in [-0.15, -0.1) is 0 Å². The van der Waals surface area contributed by atoms with Crippen molar-refractivity contribution in [1.29, 1.82) is 5.26 Å².